The first-order valence-corrected chi connectivity index (χ1v) is 8.04. The fourth-order valence-electron chi connectivity index (χ4n) is 2.93. The number of hydrogen-bond acceptors (Lipinski definition) is 2. The number of hydrogen-bond donors (Lipinski definition) is 2. The molecule has 0 aliphatic heterocycles. The molecule has 0 bridgehead atoms. The first-order chi connectivity index (χ1) is 11.5. The van der Waals surface area contributed by atoms with Crippen molar-refractivity contribution in [3.63, 3.8) is 0 Å². The number of nitrogens with zero attached hydrogens (tertiary/aromatic N) is 1. The van der Waals surface area contributed by atoms with Gasteiger partial charge in [0.05, 0.1) is 11.0 Å². The first kappa shape index (κ1) is 16.1. The standard InChI is InChI=1S/C19H21N3O2/c1-12(2)14-8-6-7-13(3)18(14)21-17(23)11-22-16-10-5-4-9-15(16)20-19(22)24/h4-10,12H,11H2,1-3H3,(H,20,24)(H,21,23). The van der Waals surface area contributed by atoms with E-state index in [-0.39, 0.29) is 18.1 Å². The number of fused-ring (bicyclic) bond motifs is 1. The molecule has 124 valence electrons. The maximum absolute atomic E-state index is 12.5. The molecule has 0 saturated heterocycles. The van der Waals surface area contributed by atoms with Crippen LogP contribution in [0.2, 0.25) is 0 Å². The van der Waals surface area contributed by atoms with Crippen LogP contribution in [0.4, 0.5) is 5.69 Å². The number of carbonyl (C=O) groups excluding carboxylic acids is 1. The van der Waals surface area contributed by atoms with Crippen LogP contribution >= 0.6 is 0 Å². The van der Waals surface area contributed by atoms with E-state index in [2.05, 4.69) is 24.1 Å². The summed E-state index contributed by atoms with van der Waals surface area (Å²) in [4.78, 5) is 27.4. The van der Waals surface area contributed by atoms with Crippen LogP contribution < -0.4 is 11.0 Å². The summed E-state index contributed by atoms with van der Waals surface area (Å²) in [5.74, 6) is 0.0917. The Morgan fingerprint density at radius 2 is 1.92 bits per heavy atom. The second-order valence-electron chi connectivity index (χ2n) is 6.28. The number of benzene rings is 2. The summed E-state index contributed by atoms with van der Waals surface area (Å²) in [6, 6.07) is 13.3. The van der Waals surface area contributed by atoms with Gasteiger partial charge in [-0.1, -0.05) is 44.2 Å². The third-order valence-corrected chi connectivity index (χ3v) is 4.17. The Kier molecular flexibility index (Phi) is 4.25. The lowest BCUT2D eigenvalue weighted by Crippen LogP contribution is -2.26. The summed E-state index contributed by atoms with van der Waals surface area (Å²) in [6.07, 6.45) is 0. The van der Waals surface area contributed by atoms with Crippen molar-refractivity contribution in [1.29, 1.82) is 0 Å². The van der Waals surface area contributed by atoms with Crippen molar-refractivity contribution < 1.29 is 4.79 Å². The molecular formula is C19H21N3O2. The summed E-state index contributed by atoms with van der Waals surface area (Å²) < 4.78 is 1.46. The molecule has 5 nitrogen and oxygen atoms in total. The predicted molar refractivity (Wildman–Crippen MR) is 96.5 cm³/mol. The third kappa shape index (κ3) is 2.97. The minimum atomic E-state index is -0.278. The van der Waals surface area contributed by atoms with Crippen molar-refractivity contribution in [2.75, 3.05) is 5.32 Å². The molecule has 1 amide bonds. The molecule has 24 heavy (non-hydrogen) atoms. The summed E-state index contributed by atoms with van der Waals surface area (Å²) in [5, 5.41) is 2.98. The van der Waals surface area contributed by atoms with Crippen molar-refractivity contribution in [3.05, 3.63) is 64.1 Å². The SMILES string of the molecule is Cc1cccc(C(C)C)c1NC(=O)Cn1c(=O)[nH]c2ccccc21. The topological polar surface area (TPSA) is 66.9 Å². The largest absolute Gasteiger partial charge is 0.326 e. The van der Waals surface area contributed by atoms with Gasteiger partial charge in [-0.15, -0.1) is 0 Å². The number of anilines is 1. The Bertz CT molecular complexity index is 951. The van der Waals surface area contributed by atoms with Crippen molar-refractivity contribution in [1.82, 2.24) is 9.55 Å². The molecule has 2 N–H and O–H groups in total. The molecule has 2 aromatic carbocycles. The number of rotatable bonds is 4. The van der Waals surface area contributed by atoms with Gasteiger partial charge in [0.25, 0.3) is 0 Å². The molecule has 0 spiro atoms. The Morgan fingerprint density at radius 3 is 2.67 bits per heavy atom. The highest BCUT2D eigenvalue weighted by atomic mass is 16.2. The number of amides is 1. The molecule has 1 heterocycles. The maximum Gasteiger partial charge on any atom is 0.326 e. The number of aromatic nitrogens is 2. The van der Waals surface area contributed by atoms with Gasteiger partial charge >= 0.3 is 5.69 Å². The molecule has 0 fully saturated rings. The van der Waals surface area contributed by atoms with Crippen LogP contribution in [0.5, 0.6) is 0 Å². The highest BCUT2D eigenvalue weighted by Crippen LogP contribution is 2.27. The van der Waals surface area contributed by atoms with E-state index < -0.39 is 0 Å². The summed E-state index contributed by atoms with van der Waals surface area (Å²) in [5.41, 5.74) is 4.13. The van der Waals surface area contributed by atoms with Gasteiger partial charge in [-0.3, -0.25) is 9.36 Å². The fourth-order valence-corrected chi connectivity index (χ4v) is 2.93. The van der Waals surface area contributed by atoms with Gasteiger partial charge in [0.15, 0.2) is 0 Å². The fraction of sp³-hybridized carbons (Fsp3) is 0.263. The number of carbonyl (C=O) groups is 1. The van der Waals surface area contributed by atoms with Crippen molar-refractivity contribution in [2.45, 2.75) is 33.2 Å². The Balaban J connectivity index is 1.89. The quantitative estimate of drug-likeness (QED) is 0.773. The van der Waals surface area contributed by atoms with Crippen molar-refractivity contribution in [3.8, 4) is 0 Å². The lowest BCUT2D eigenvalue weighted by atomic mass is 9.98. The average molecular weight is 323 g/mol. The van der Waals surface area contributed by atoms with Crippen molar-refractivity contribution in [2.24, 2.45) is 0 Å². The summed E-state index contributed by atoms with van der Waals surface area (Å²) >= 11 is 0. The van der Waals surface area contributed by atoms with Gasteiger partial charge in [0, 0.05) is 5.69 Å². The summed E-state index contributed by atoms with van der Waals surface area (Å²) in [6.45, 7) is 6.14. The molecule has 0 aliphatic rings. The van der Waals surface area contributed by atoms with E-state index in [0.29, 0.717) is 5.92 Å². The maximum atomic E-state index is 12.5. The second kappa shape index (κ2) is 6.35. The van der Waals surface area contributed by atoms with Gasteiger partial charge in [0.2, 0.25) is 5.91 Å². The number of nitrogens with one attached hydrogen (secondary N) is 2. The average Bonchev–Trinajstić information content (AvgIpc) is 2.85. The van der Waals surface area contributed by atoms with E-state index in [4.69, 9.17) is 0 Å². The zero-order valence-electron chi connectivity index (χ0n) is 14.1. The van der Waals surface area contributed by atoms with Gasteiger partial charge in [0.1, 0.15) is 6.54 Å². The smallest absolute Gasteiger partial charge is 0.324 e. The predicted octanol–water partition coefficient (Wildman–Crippen LogP) is 3.40. The molecule has 3 rings (SSSR count). The normalized spacial score (nSPS) is 11.2. The molecule has 0 atom stereocenters. The van der Waals surface area contributed by atoms with Crippen LogP contribution in [0.15, 0.2) is 47.3 Å². The van der Waals surface area contributed by atoms with E-state index in [1.807, 2.05) is 49.4 Å². The van der Waals surface area contributed by atoms with E-state index in [1.165, 1.54) is 4.57 Å². The minimum Gasteiger partial charge on any atom is -0.324 e. The summed E-state index contributed by atoms with van der Waals surface area (Å²) in [7, 11) is 0. The van der Waals surface area contributed by atoms with Crippen LogP contribution in [0.25, 0.3) is 11.0 Å². The molecule has 0 unspecified atom stereocenters. The third-order valence-electron chi connectivity index (χ3n) is 4.17. The van der Waals surface area contributed by atoms with E-state index >= 15 is 0 Å². The highest BCUT2D eigenvalue weighted by molar-refractivity contribution is 5.93. The molecule has 5 heteroatoms. The number of aromatic amines is 1. The van der Waals surface area contributed by atoms with Gasteiger partial charge in [-0.25, -0.2) is 4.79 Å². The molecule has 3 aromatic rings. The van der Waals surface area contributed by atoms with E-state index in [0.717, 1.165) is 27.8 Å². The Hall–Kier alpha value is -2.82. The highest BCUT2D eigenvalue weighted by Gasteiger charge is 2.14. The molecular weight excluding hydrogens is 302 g/mol. The minimum absolute atomic E-state index is 0.0191. The lowest BCUT2D eigenvalue weighted by molar-refractivity contribution is -0.116. The van der Waals surface area contributed by atoms with Crippen LogP contribution in [-0.2, 0) is 11.3 Å². The zero-order chi connectivity index (χ0) is 17.3. The van der Waals surface area contributed by atoms with Gasteiger partial charge in [-0.05, 0) is 36.1 Å². The Labute approximate surface area is 140 Å². The molecule has 0 saturated carbocycles. The number of aryl methyl sites for hydroxylation is 1. The lowest BCUT2D eigenvalue weighted by Gasteiger charge is -2.16. The van der Waals surface area contributed by atoms with Crippen molar-refractivity contribution >= 4 is 22.6 Å². The zero-order valence-corrected chi connectivity index (χ0v) is 14.1. The van der Waals surface area contributed by atoms with E-state index in [9.17, 15) is 9.59 Å². The molecule has 1 aromatic heterocycles. The van der Waals surface area contributed by atoms with Gasteiger partial charge in [-0.2, -0.15) is 0 Å². The second-order valence-corrected chi connectivity index (χ2v) is 6.28. The van der Waals surface area contributed by atoms with Crippen LogP contribution in [0.1, 0.15) is 30.9 Å². The van der Waals surface area contributed by atoms with Gasteiger partial charge < -0.3 is 10.3 Å². The monoisotopic (exact) mass is 323 g/mol. The molecule has 0 radical (unpaired) electrons. The Morgan fingerprint density at radius 1 is 1.17 bits per heavy atom. The molecule has 0 aliphatic carbocycles. The van der Waals surface area contributed by atoms with Crippen LogP contribution in [0, 0.1) is 6.92 Å². The first-order valence-electron chi connectivity index (χ1n) is 8.04. The van der Waals surface area contributed by atoms with Crippen LogP contribution in [0.3, 0.4) is 0 Å². The number of imidazole rings is 1. The van der Waals surface area contributed by atoms with Crippen LogP contribution in [-0.4, -0.2) is 15.5 Å². The number of H-pyrrole nitrogens is 1. The van der Waals surface area contributed by atoms with E-state index in [1.54, 1.807) is 0 Å². The number of para-hydroxylation sites is 3.